The number of benzene rings is 1. The third-order valence-corrected chi connectivity index (χ3v) is 6.97. The van der Waals surface area contributed by atoms with Crippen LogP contribution >= 0.6 is 11.3 Å². The molecule has 2 aromatic rings. The van der Waals surface area contributed by atoms with Crippen LogP contribution in [0.1, 0.15) is 64.3 Å². The smallest absolute Gasteiger partial charge is 0.341 e. The first-order chi connectivity index (χ1) is 15.4. The van der Waals surface area contributed by atoms with Crippen molar-refractivity contribution in [1.29, 1.82) is 0 Å². The number of hydrogen-bond donors (Lipinski definition) is 1. The van der Waals surface area contributed by atoms with E-state index in [1.54, 1.807) is 25.9 Å². The van der Waals surface area contributed by atoms with Crippen molar-refractivity contribution in [2.75, 3.05) is 32.1 Å². The van der Waals surface area contributed by atoms with Gasteiger partial charge in [-0.2, -0.15) is 0 Å². The molecule has 172 valence electrons. The minimum Gasteiger partial charge on any atom is -0.497 e. The molecular formula is C24H30N2O5S. The third kappa shape index (κ3) is 4.80. The lowest BCUT2D eigenvalue weighted by molar-refractivity contribution is -0.117. The second-order valence-electron chi connectivity index (χ2n) is 7.67. The number of thiophene rings is 1. The van der Waals surface area contributed by atoms with Gasteiger partial charge < -0.3 is 19.7 Å². The van der Waals surface area contributed by atoms with Gasteiger partial charge in [-0.15, -0.1) is 11.3 Å². The van der Waals surface area contributed by atoms with Crippen molar-refractivity contribution in [3.63, 3.8) is 0 Å². The number of anilines is 1. The van der Waals surface area contributed by atoms with Crippen LogP contribution in [0.15, 0.2) is 24.3 Å². The molecule has 7 nitrogen and oxygen atoms in total. The van der Waals surface area contributed by atoms with E-state index >= 15 is 0 Å². The minimum atomic E-state index is -0.530. The van der Waals surface area contributed by atoms with Gasteiger partial charge in [-0.1, -0.05) is 12.1 Å². The molecule has 0 radical (unpaired) electrons. The zero-order valence-electron chi connectivity index (χ0n) is 19.2. The van der Waals surface area contributed by atoms with Crippen molar-refractivity contribution in [3.05, 3.63) is 45.8 Å². The van der Waals surface area contributed by atoms with E-state index in [2.05, 4.69) is 5.32 Å². The monoisotopic (exact) mass is 458 g/mol. The average Bonchev–Trinajstić information content (AvgIpc) is 3.53. The molecule has 1 saturated carbocycles. The largest absolute Gasteiger partial charge is 0.497 e. The molecule has 2 amide bonds. The first-order valence-corrected chi connectivity index (χ1v) is 11.7. The number of ether oxygens (including phenoxy) is 2. The Morgan fingerprint density at radius 2 is 1.78 bits per heavy atom. The van der Waals surface area contributed by atoms with E-state index in [-0.39, 0.29) is 35.8 Å². The number of rotatable bonds is 9. The Labute approximate surface area is 192 Å². The van der Waals surface area contributed by atoms with E-state index in [0.717, 1.165) is 29.1 Å². The summed E-state index contributed by atoms with van der Waals surface area (Å²) in [4.78, 5) is 40.7. The number of nitrogens with zero attached hydrogens (tertiary/aromatic N) is 1. The Balaban J connectivity index is 1.83. The first-order valence-electron chi connectivity index (χ1n) is 10.9. The molecule has 8 heteroatoms. The molecule has 0 saturated heterocycles. The molecule has 0 spiro atoms. The molecule has 1 aromatic heterocycles. The Hall–Kier alpha value is -2.87. The van der Waals surface area contributed by atoms with Crippen molar-refractivity contribution in [3.8, 4) is 5.75 Å². The Kier molecular flexibility index (Phi) is 7.56. The van der Waals surface area contributed by atoms with Crippen LogP contribution in [0.3, 0.4) is 0 Å². The molecule has 1 aliphatic rings. The number of carbonyl (C=O) groups excluding carboxylic acids is 3. The average molecular weight is 459 g/mol. The van der Waals surface area contributed by atoms with Gasteiger partial charge in [-0.05, 0) is 63.3 Å². The van der Waals surface area contributed by atoms with Gasteiger partial charge in [-0.25, -0.2) is 4.79 Å². The summed E-state index contributed by atoms with van der Waals surface area (Å²) in [6.07, 6.45) is 0.739. The summed E-state index contributed by atoms with van der Waals surface area (Å²) in [5.41, 5.74) is 1.89. The van der Waals surface area contributed by atoms with Gasteiger partial charge in [0.25, 0.3) is 5.91 Å². The van der Waals surface area contributed by atoms with Crippen LogP contribution < -0.4 is 10.1 Å². The van der Waals surface area contributed by atoms with Gasteiger partial charge in [0.2, 0.25) is 5.91 Å². The molecule has 3 rings (SSSR count). The molecule has 0 bridgehead atoms. The summed E-state index contributed by atoms with van der Waals surface area (Å²) in [6.45, 7) is 8.61. The summed E-state index contributed by atoms with van der Waals surface area (Å²) < 4.78 is 10.4. The summed E-state index contributed by atoms with van der Waals surface area (Å²) in [5, 5.41) is 3.29. The van der Waals surface area contributed by atoms with E-state index < -0.39 is 5.97 Å². The fourth-order valence-corrected chi connectivity index (χ4v) is 4.98. The van der Waals surface area contributed by atoms with E-state index in [4.69, 9.17) is 9.47 Å². The maximum atomic E-state index is 13.0. The summed E-state index contributed by atoms with van der Waals surface area (Å²) in [5.74, 6) is -0.107. The molecule has 1 fully saturated rings. The number of hydrogen-bond acceptors (Lipinski definition) is 6. The molecule has 0 aliphatic heterocycles. The highest BCUT2D eigenvalue weighted by Crippen LogP contribution is 2.48. The normalized spacial score (nSPS) is 16.9. The fourth-order valence-electron chi connectivity index (χ4n) is 3.82. The lowest BCUT2D eigenvalue weighted by atomic mass is 10.1. The molecular weight excluding hydrogens is 428 g/mol. The van der Waals surface area contributed by atoms with Gasteiger partial charge in [0.05, 0.1) is 24.2 Å². The summed E-state index contributed by atoms with van der Waals surface area (Å²) in [7, 11) is 1.62. The summed E-state index contributed by atoms with van der Waals surface area (Å²) in [6, 6.07) is 7.71. The topological polar surface area (TPSA) is 84.9 Å². The lowest BCUT2D eigenvalue weighted by Crippen LogP contribution is -2.30. The predicted octanol–water partition coefficient (Wildman–Crippen LogP) is 4.47. The number of carbonyl (C=O) groups is 3. The maximum absolute atomic E-state index is 13.0. The zero-order chi connectivity index (χ0) is 23.4. The molecule has 1 aromatic carbocycles. The van der Waals surface area contributed by atoms with E-state index in [9.17, 15) is 14.4 Å². The minimum absolute atomic E-state index is 0.129. The van der Waals surface area contributed by atoms with Crippen molar-refractivity contribution < 1.29 is 23.9 Å². The van der Waals surface area contributed by atoms with Gasteiger partial charge >= 0.3 is 5.97 Å². The van der Waals surface area contributed by atoms with Crippen molar-refractivity contribution >= 4 is 34.1 Å². The van der Waals surface area contributed by atoms with Gasteiger partial charge in [0.15, 0.2) is 0 Å². The van der Waals surface area contributed by atoms with Crippen LogP contribution in [-0.4, -0.2) is 49.5 Å². The van der Waals surface area contributed by atoms with Gasteiger partial charge in [0.1, 0.15) is 10.8 Å². The highest BCUT2D eigenvalue weighted by molar-refractivity contribution is 7.18. The van der Waals surface area contributed by atoms with Crippen LogP contribution in [-0.2, 0) is 9.53 Å². The van der Waals surface area contributed by atoms with Crippen LogP contribution in [0.2, 0.25) is 0 Å². The van der Waals surface area contributed by atoms with E-state index in [1.165, 1.54) is 0 Å². The predicted molar refractivity (Wildman–Crippen MR) is 125 cm³/mol. The Morgan fingerprint density at radius 1 is 1.12 bits per heavy atom. The number of esters is 1. The molecule has 1 aliphatic carbocycles. The SMILES string of the molecule is CCOC(=O)c1c(NC(=O)C2CC2c2ccc(OC)cc2)sc(C(=O)N(CC)CC)c1C. The third-order valence-electron chi connectivity index (χ3n) is 5.78. The lowest BCUT2D eigenvalue weighted by Gasteiger charge is -2.18. The van der Waals surface area contributed by atoms with Crippen molar-refractivity contribution in [1.82, 2.24) is 4.90 Å². The molecule has 1 N–H and O–H groups in total. The maximum Gasteiger partial charge on any atom is 0.341 e. The quantitative estimate of drug-likeness (QED) is 0.561. The second-order valence-corrected chi connectivity index (χ2v) is 8.69. The van der Waals surface area contributed by atoms with E-state index in [0.29, 0.717) is 28.5 Å². The highest BCUT2D eigenvalue weighted by atomic mass is 32.1. The first kappa shape index (κ1) is 23.8. The Bertz CT molecular complexity index is 995. The van der Waals surface area contributed by atoms with Crippen molar-refractivity contribution in [2.24, 2.45) is 5.92 Å². The van der Waals surface area contributed by atoms with Crippen molar-refractivity contribution in [2.45, 2.75) is 40.0 Å². The van der Waals surface area contributed by atoms with Crippen LogP contribution in [0.4, 0.5) is 5.00 Å². The van der Waals surface area contributed by atoms with Crippen LogP contribution in [0, 0.1) is 12.8 Å². The number of nitrogens with one attached hydrogen (secondary N) is 1. The molecule has 32 heavy (non-hydrogen) atoms. The standard InChI is InChI=1S/C24H30N2O5S/c1-6-26(7-2)23(28)20-14(4)19(24(29)31-8-3)22(32-20)25-21(27)18-13-17(18)15-9-11-16(30-5)12-10-15/h9-12,17-18H,6-8,13H2,1-5H3,(H,25,27). The van der Waals surface area contributed by atoms with Crippen LogP contribution in [0.5, 0.6) is 5.75 Å². The zero-order valence-corrected chi connectivity index (χ0v) is 20.0. The number of methoxy groups -OCH3 is 1. The number of amides is 2. The van der Waals surface area contributed by atoms with Gasteiger partial charge in [-0.3, -0.25) is 9.59 Å². The van der Waals surface area contributed by atoms with Crippen LogP contribution in [0.25, 0.3) is 0 Å². The fraction of sp³-hybridized carbons (Fsp3) is 0.458. The molecule has 2 unspecified atom stereocenters. The van der Waals surface area contributed by atoms with Gasteiger partial charge in [0, 0.05) is 19.0 Å². The summed E-state index contributed by atoms with van der Waals surface area (Å²) >= 11 is 1.14. The van der Waals surface area contributed by atoms with E-state index in [1.807, 2.05) is 38.1 Å². The Morgan fingerprint density at radius 3 is 2.34 bits per heavy atom. The molecule has 1 heterocycles. The highest BCUT2D eigenvalue weighted by Gasteiger charge is 2.44. The second kappa shape index (κ2) is 10.2. The molecule has 2 atom stereocenters.